The molecule has 0 radical (unpaired) electrons. The van der Waals surface area contributed by atoms with Crippen molar-refractivity contribution >= 4 is 29.2 Å². The first kappa shape index (κ1) is 12.5. The maximum absolute atomic E-state index is 6.09. The maximum Gasteiger partial charge on any atom is 0.191 e. The lowest BCUT2D eigenvalue weighted by atomic mass is 10.1. The largest absolute Gasteiger partial charge is 0.356 e. The minimum Gasteiger partial charge on any atom is -0.356 e. The van der Waals surface area contributed by atoms with Crippen LogP contribution in [0.5, 0.6) is 0 Å². The third-order valence-corrected chi connectivity index (χ3v) is 3.33. The van der Waals surface area contributed by atoms with Crippen molar-refractivity contribution in [3.63, 3.8) is 0 Å². The number of guanidine groups is 1. The van der Waals surface area contributed by atoms with Gasteiger partial charge in [-0.2, -0.15) is 0 Å². The molecule has 0 fully saturated rings. The second-order valence-corrected chi connectivity index (χ2v) is 4.70. The molecular formula is C12H15Cl2N3. The Morgan fingerprint density at radius 1 is 1.29 bits per heavy atom. The highest BCUT2D eigenvalue weighted by molar-refractivity contribution is 6.35. The van der Waals surface area contributed by atoms with Crippen molar-refractivity contribution in [3.05, 3.63) is 33.8 Å². The van der Waals surface area contributed by atoms with E-state index in [-0.39, 0.29) is 0 Å². The molecule has 0 amide bonds. The van der Waals surface area contributed by atoms with E-state index in [1.54, 1.807) is 0 Å². The highest BCUT2D eigenvalue weighted by atomic mass is 35.5. The number of aliphatic imine (C=N–C) groups is 1. The molecule has 0 aromatic heterocycles. The van der Waals surface area contributed by atoms with E-state index in [2.05, 4.69) is 15.6 Å². The van der Waals surface area contributed by atoms with Crippen LogP contribution in [0.15, 0.2) is 23.2 Å². The van der Waals surface area contributed by atoms with Crippen molar-refractivity contribution in [1.29, 1.82) is 0 Å². The van der Waals surface area contributed by atoms with Crippen molar-refractivity contribution < 1.29 is 0 Å². The second kappa shape index (κ2) is 6.12. The quantitative estimate of drug-likeness (QED) is 0.886. The standard InChI is InChI=1S/C12H15Cl2N3/c13-10-3-1-4-11(14)9(10)5-8-17-12-15-6-2-7-16-12/h1,3-4H,2,5-8H2,(H2,15,16,17). The molecule has 5 heteroatoms. The zero-order valence-corrected chi connectivity index (χ0v) is 11.0. The molecule has 0 atom stereocenters. The predicted molar refractivity (Wildman–Crippen MR) is 73.1 cm³/mol. The molecule has 1 heterocycles. The number of rotatable bonds is 3. The Balaban J connectivity index is 1.87. The van der Waals surface area contributed by atoms with Crippen LogP contribution >= 0.6 is 23.2 Å². The molecule has 92 valence electrons. The summed E-state index contributed by atoms with van der Waals surface area (Å²) >= 11 is 12.2. The average Bonchev–Trinajstić information content (AvgIpc) is 2.34. The fraction of sp³-hybridized carbons (Fsp3) is 0.417. The van der Waals surface area contributed by atoms with Crippen molar-refractivity contribution in [1.82, 2.24) is 10.6 Å². The van der Waals surface area contributed by atoms with Gasteiger partial charge in [-0.05, 0) is 30.5 Å². The van der Waals surface area contributed by atoms with Crippen LogP contribution in [-0.2, 0) is 6.42 Å². The molecule has 0 bridgehead atoms. The Bertz CT molecular complexity index is 398. The Morgan fingerprint density at radius 2 is 2.06 bits per heavy atom. The summed E-state index contributed by atoms with van der Waals surface area (Å²) in [5.41, 5.74) is 0.986. The molecule has 3 nitrogen and oxygen atoms in total. The van der Waals surface area contributed by atoms with Crippen LogP contribution in [0.3, 0.4) is 0 Å². The van der Waals surface area contributed by atoms with Crippen LogP contribution < -0.4 is 10.6 Å². The molecule has 1 aromatic rings. The van der Waals surface area contributed by atoms with Gasteiger partial charge in [0.25, 0.3) is 0 Å². The summed E-state index contributed by atoms with van der Waals surface area (Å²) in [7, 11) is 0. The van der Waals surface area contributed by atoms with E-state index in [0.717, 1.165) is 54.0 Å². The zero-order chi connectivity index (χ0) is 12.1. The lowest BCUT2D eigenvalue weighted by molar-refractivity contribution is 0.700. The number of hydrogen-bond donors (Lipinski definition) is 2. The van der Waals surface area contributed by atoms with Crippen LogP contribution in [0.2, 0.25) is 10.0 Å². The molecular weight excluding hydrogens is 257 g/mol. The van der Waals surface area contributed by atoms with Crippen molar-refractivity contribution in [2.24, 2.45) is 4.99 Å². The molecule has 0 unspecified atom stereocenters. The maximum atomic E-state index is 6.09. The van der Waals surface area contributed by atoms with Crippen molar-refractivity contribution in [2.75, 3.05) is 19.6 Å². The lowest BCUT2D eigenvalue weighted by Crippen LogP contribution is -2.41. The van der Waals surface area contributed by atoms with Gasteiger partial charge in [0.1, 0.15) is 0 Å². The van der Waals surface area contributed by atoms with Gasteiger partial charge in [0, 0.05) is 29.7 Å². The van der Waals surface area contributed by atoms with Gasteiger partial charge in [0.05, 0.1) is 0 Å². The number of benzene rings is 1. The van der Waals surface area contributed by atoms with Crippen LogP contribution in [0, 0.1) is 0 Å². The number of nitrogens with one attached hydrogen (secondary N) is 2. The highest BCUT2D eigenvalue weighted by Crippen LogP contribution is 2.24. The fourth-order valence-electron chi connectivity index (χ4n) is 1.73. The Kier molecular flexibility index (Phi) is 4.51. The molecule has 0 spiro atoms. The van der Waals surface area contributed by atoms with E-state index < -0.39 is 0 Å². The van der Waals surface area contributed by atoms with Crippen LogP contribution in [0.1, 0.15) is 12.0 Å². The number of hydrogen-bond acceptors (Lipinski definition) is 3. The van der Waals surface area contributed by atoms with Gasteiger partial charge in [-0.3, -0.25) is 4.99 Å². The van der Waals surface area contributed by atoms with Crippen LogP contribution in [0.4, 0.5) is 0 Å². The molecule has 1 aliphatic heterocycles. The van der Waals surface area contributed by atoms with Gasteiger partial charge in [-0.25, -0.2) is 0 Å². The van der Waals surface area contributed by atoms with E-state index in [9.17, 15) is 0 Å². The van der Waals surface area contributed by atoms with Gasteiger partial charge in [-0.1, -0.05) is 29.3 Å². The van der Waals surface area contributed by atoms with Crippen molar-refractivity contribution in [2.45, 2.75) is 12.8 Å². The topological polar surface area (TPSA) is 36.4 Å². The van der Waals surface area contributed by atoms with Crippen LogP contribution in [0.25, 0.3) is 0 Å². The summed E-state index contributed by atoms with van der Waals surface area (Å²) < 4.78 is 0. The monoisotopic (exact) mass is 271 g/mol. The van der Waals surface area contributed by atoms with Gasteiger partial charge in [0.15, 0.2) is 5.96 Å². The normalized spacial score (nSPS) is 15.1. The summed E-state index contributed by atoms with van der Waals surface area (Å²) in [6.07, 6.45) is 1.89. The summed E-state index contributed by atoms with van der Waals surface area (Å²) in [5, 5.41) is 7.89. The van der Waals surface area contributed by atoms with E-state index in [4.69, 9.17) is 23.2 Å². The fourth-order valence-corrected chi connectivity index (χ4v) is 2.31. The molecule has 0 saturated carbocycles. The highest BCUT2D eigenvalue weighted by Gasteiger charge is 2.06. The molecule has 0 aliphatic carbocycles. The second-order valence-electron chi connectivity index (χ2n) is 3.89. The molecule has 2 N–H and O–H groups in total. The molecule has 17 heavy (non-hydrogen) atoms. The molecule has 0 saturated heterocycles. The summed E-state index contributed by atoms with van der Waals surface area (Å²) in [4.78, 5) is 4.33. The van der Waals surface area contributed by atoms with E-state index >= 15 is 0 Å². The van der Waals surface area contributed by atoms with E-state index in [0.29, 0.717) is 0 Å². The average molecular weight is 272 g/mol. The first-order valence-corrected chi connectivity index (χ1v) is 6.48. The van der Waals surface area contributed by atoms with Crippen LogP contribution in [-0.4, -0.2) is 25.6 Å². The first-order valence-electron chi connectivity index (χ1n) is 5.72. The smallest absolute Gasteiger partial charge is 0.191 e. The van der Waals surface area contributed by atoms with Crippen molar-refractivity contribution in [3.8, 4) is 0 Å². The minimum atomic E-state index is 0.720. The third-order valence-electron chi connectivity index (χ3n) is 2.63. The SMILES string of the molecule is Clc1cccc(Cl)c1CCNC1=NCCCN1. The Hall–Kier alpha value is -0.930. The number of nitrogens with zero attached hydrogens (tertiary/aromatic N) is 1. The summed E-state index contributed by atoms with van der Waals surface area (Å²) in [6, 6.07) is 5.58. The van der Waals surface area contributed by atoms with Gasteiger partial charge in [0.2, 0.25) is 0 Å². The Morgan fingerprint density at radius 3 is 2.71 bits per heavy atom. The molecule has 1 aliphatic rings. The first-order chi connectivity index (χ1) is 8.27. The molecule has 2 rings (SSSR count). The van der Waals surface area contributed by atoms with E-state index in [1.165, 1.54) is 0 Å². The number of halogens is 2. The molecule has 1 aromatic carbocycles. The summed E-state index contributed by atoms with van der Waals surface area (Å²) in [6.45, 7) is 2.65. The zero-order valence-electron chi connectivity index (χ0n) is 9.47. The predicted octanol–water partition coefficient (Wildman–Crippen LogP) is 2.47. The van der Waals surface area contributed by atoms with Gasteiger partial charge >= 0.3 is 0 Å². The summed E-state index contributed by atoms with van der Waals surface area (Å²) in [5.74, 6) is 0.874. The Labute approximate surface area is 111 Å². The van der Waals surface area contributed by atoms with Gasteiger partial charge in [-0.15, -0.1) is 0 Å². The third kappa shape index (κ3) is 3.51. The minimum absolute atomic E-state index is 0.720. The van der Waals surface area contributed by atoms with E-state index in [1.807, 2.05) is 18.2 Å². The lowest BCUT2D eigenvalue weighted by Gasteiger charge is -2.16. The van der Waals surface area contributed by atoms with Gasteiger partial charge < -0.3 is 10.6 Å².